The number of carbonyl (C=O) groups is 2. The largest absolute Gasteiger partial charge is 0.350 e. The average Bonchev–Trinajstić information content (AvgIpc) is 2.78. The van der Waals surface area contributed by atoms with E-state index in [9.17, 15) is 9.59 Å². The highest BCUT2D eigenvalue weighted by Gasteiger charge is 2.20. The van der Waals surface area contributed by atoms with E-state index in [4.69, 9.17) is 28.9 Å². The molecule has 8 heteroatoms. The molecule has 0 saturated carbocycles. The molecule has 0 aliphatic rings. The topological polar surface area (TPSA) is 88.3 Å². The number of hydrogen-bond acceptors (Lipinski definition) is 3. The Kier molecular flexibility index (Phi) is 5.75. The second kappa shape index (κ2) is 8.63. The minimum Gasteiger partial charge on any atom is -0.350 e. The van der Waals surface area contributed by atoms with Gasteiger partial charge in [-0.1, -0.05) is 65.7 Å². The van der Waals surface area contributed by atoms with Crippen LogP contribution < -0.4 is 16.2 Å². The maximum absolute atomic E-state index is 13.2. The minimum absolute atomic E-state index is 0.328. The first-order valence-corrected chi connectivity index (χ1v) is 10.0. The van der Waals surface area contributed by atoms with Gasteiger partial charge in [0.15, 0.2) is 0 Å². The van der Waals surface area contributed by atoms with Crippen LogP contribution in [0.5, 0.6) is 0 Å². The van der Waals surface area contributed by atoms with E-state index in [0.717, 1.165) is 5.01 Å². The lowest BCUT2D eigenvalue weighted by atomic mass is 10.0. The SMILES string of the molecule is NC(=O)N(NC(=O)c1cc(-c2ccc(Cl)c(Cl)c2)nc2ccccc12)c1ccccc1. The van der Waals surface area contributed by atoms with Crippen LogP contribution in [0, 0.1) is 0 Å². The standard InChI is InChI=1S/C23H16Cl2N4O2/c24-18-11-10-14(12-19(18)25)21-13-17(16-8-4-5-9-20(16)27-21)22(30)28-29(23(26)31)15-6-2-1-3-7-15/h1-13H,(H2,26,31)(H,28,30). The fraction of sp³-hybridized carbons (Fsp3) is 0. The van der Waals surface area contributed by atoms with Crippen LogP contribution in [0.2, 0.25) is 10.0 Å². The highest BCUT2D eigenvalue weighted by Crippen LogP contribution is 2.30. The molecule has 0 aliphatic carbocycles. The summed E-state index contributed by atoms with van der Waals surface area (Å²) in [6, 6.07) is 21.8. The van der Waals surface area contributed by atoms with Crippen molar-refractivity contribution in [1.29, 1.82) is 0 Å². The lowest BCUT2D eigenvalue weighted by molar-refractivity contribution is 0.0952. The molecule has 1 aromatic heterocycles. The Labute approximate surface area is 188 Å². The summed E-state index contributed by atoms with van der Waals surface area (Å²) in [5.41, 5.74) is 10.7. The van der Waals surface area contributed by atoms with Crippen LogP contribution in [0.15, 0.2) is 78.9 Å². The van der Waals surface area contributed by atoms with Gasteiger partial charge in [-0.3, -0.25) is 10.2 Å². The van der Waals surface area contributed by atoms with E-state index in [1.165, 1.54) is 0 Å². The van der Waals surface area contributed by atoms with Crippen molar-refractivity contribution in [1.82, 2.24) is 10.4 Å². The molecule has 3 aromatic carbocycles. The first-order chi connectivity index (χ1) is 14.9. The average molecular weight is 451 g/mol. The van der Waals surface area contributed by atoms with Gasteiger partial charge in [-0.05, 0) is 36.4 Å². The molecular weight excluding hydrogens is 435 g/mol. The van der Waals surface area contributed by atoms with Gasteiger partial charge in [-0.25, -0.2) is 14.8 Å². The van der Waals surface area contributed by atoms with Crippen molar-refractivity contribution < 1.29 is 9.59 Å². The van der Waals surface area contributed by atoms with Crippen LogP contribution in [0.1, 0.15) is 10.4 Å². The monoisotopic (exact) mass is 450 g/mol. The second-order valence-corrected chi connectivity index (χ2v) is 7.47. The number of urea groups is 1. The number of carbonyl (C=O) groups excluding carboxylic acids is 2. The molecule has 6 nitrogen and oxygen atoms in total. The number of nitrogens with zero attached hydrogens (tertiary/aromatic N) is 2. The molecule has 0 bridgehead atoms. The van der Waals surface area contributed by atoms with Crippen molar-refractivity contribution >= 4 is 51.7 Å². The normalized spacial score (nSPS) is 10.6. The first kappa shape index (κ1) is 20.7. The maximum Gasteiger partial charge on any atom is 0.338 e. The molecule has 0 fully saturated rings. The number of nitrogens with two attached hydrogens (primary N) is 1. The Morgan fingerprint density at radius 1 is 0.871 bits per heavy atom. The molecule has 3 amide bonds. The molecule has 0 aliphatic heterocycles. The smallest absolute Gasteiger partial charge is 0.338 e. The van der Waals surface area contributed by atoms with E-state index in [1.54, 1.807) is 66.7 Å². The predicted octanol–water partition coefficient (Wildman–Crippen LogP) is 5.44. The Morgan fingerprint density at radius 3 is 2.29 bits per heavy atom. The van der Waals surface area contributed by atoms with E-state index in [2.05, 4.69) is 10.4 Å². The molecule has 0 saturated heterocycles. The Hall–Kier alpha value is -3.61. The number of aromatic nitrogens is 1. The highest BCUT2D eigenvalue weighted by molar-refractivity contribution is 6.42. The summed E-state index contributed by atoms with van der Waals surface area (Å²) in [5.74, 6) is -0.512. The zero-order valence-electron chi connectivity index (χ0n) is 16.0. The van der Waals surface area contributed by atoms with Crippen LogP contribution in [-0.2, 0) is 0 Å². The van der Waals surface area contributed by atoms with Crippen molar-refractivity contribution in [2.24, 2.45) is 5.73 Å². The van der Waals surface area contributed by atoms with Crippen LogP contribution in [0.4, 0.5) is 10.5 Å². The fourth-order valence-corrected chi connectivity index (χ4v) is 3.45. The van der Waals surface area contributed by atoms with Crippen molar-refractivity contribution in [2.75, 3.05) is 5.01 Å². The van der Waals surface area contributed by atoms with Gasteiger partial charge in [0.05, 0.1) is 32.5 Å². The molecule has 154 valence electrons. The molecule has 31 heavy (non-hydrogen) atoms. The zero-order chi connectivity index (χ0) is 22.0. The van der Waals surface area contributed by atoms with Gasteiger partial charge >= 0.3 is 6.03 Å². The number of pyridine rings is 1. The Bertz CT molecular complexity index is 1300. The number of hydrogen-bond donors (Lipinski definition) is 2. The van der Waals surface area contributed by atoms with Crippen LogP contribution in [0.3, 0.4) is 0 Å². The first-order valence-electron chi connectivity index (χ1n) is 9.25. The molecule has 0 unspecified atom stereocenters. The number of anilines is 1. The van der Waals surface area contributed by atoms with Crippen LogP contribution >= 0.6 is 23.2 Å². The quantitative estimate of drug-likeness (QED) is 0.407. The number of amides is 3. The molecule has 0 atom stereocenters. The van der Waals surface area contributed by atoms with Crippen molar-refractivity contribution in [3.63, 3.8) is 0 Å². The van der Waals surface area contributed by atoms with Gasteiger partial charge in [0, 0.05) is 10.9 Å². The second-order valence-electron chi connectivity index (χ2n) is 6.65. The third-order valence-corrected chi connectivity index (χ3v) is 5.36. The Morgan fingerprint density at radius 2 is 1.58 bits per heavy atom. The number of halogens is 2. The molecule has 0 spiro atoms. The third kappa shape index (κ3) is 4.30. The van der Waals surface area contributed by atoms with Gasteiger partial charge in [0.2, 0.25) is 0 Å². The van der Waals surface area contributed by atoms with E-state index in [-0.39, 0.29) is 0 Å². The summed E-state index contributed by atoms with van der Waals surface area (Å²) in [6.07, 6.45) is 0. The number of benzene rings is 3. The van der Waals surface area contributed by atoms with Crippen molar-refractivity contribution in [3.05, 3.63) is 94.5 Å². The lowest BCUT2D eigenvalue weighted by Gasteiger charge is -2.21. The Balaban J connectivity index is 1.79. The van der Waals surface area contributed by atoms with Gasteiger partial charge < -0.3 is 5.73 Å². The summed E-state index contributed by atoms with van der Waals surface area (Å²) in [7, 11) is 0. The summed E-state index contributed by atoms with van der Waals surface area (Å²) in [4.78, 5) is 29.8. The van der Waals surface area contributed by atoms with E-state index in [0.29, 0.717) is 43.5 Å². The number of nitrogens with one attached hydrogen (secondary N) is 1. The minimum atomic E-state index is -0.817. The van der Waals surface area contributed by atoms with E-state index >= 15 is 0 Å². The summed E-state index contributed by atoms with van der Waals surface area (Å²) in [6.45, 7) is 0. The van der Waals surface area contributed by atoms with Crippen LogP contribution in [0.25, 0.3) is 22.2 Å². The van der Waals surface area contributed by atoms with Crippen molar-refractivity contribution in [2.45, 2.75) is 0 Å². The van der Waals surface area contributed by atoms with Crippen LogP contribution in [-0.4, -0.2) is 16.9 Å². The third-order valence-electron chi connectivity index (χ3n) is 4.62. The summed E-state index contributed by atoms with van der Waals surface area (Å²) in [5, 5.41) is 2.42. The van der Waals surface area contributed by atoms with Gasteiger partial charge in [-0.15, -0.1) is 0 Å². The van der Waals surface area contributed by atoms with E-state index < -0.39 is 11.9 Å². The molecule has 1 heterocycles. The molecule has 3 N–H and O–H groups in total. The molecule has 0 radical (unpaired) electrons. The van der Waals surface area contributed by atoms with Gasteiger partial charge in [-0.2, -0.15) is 0 Å². The van der Waals surface area contributed by atoms with Crippen molar-refractivity contribution in [3.8, 4) is 11.3 Å². The number of para-hydroxylation sites is 2. The maximum atomic E-state index is 13.2. The number of primary amides is 1. The fourth-order valence-electron chi connectivity index (χ4n) is 3.15. The lowest BCUT2D eigenvalue weighted by Crippen LogP contribution is -2.49. The molecular formula is C23H16Cl2N4O2. The summed E-state index contributed by atoms with van der Waals surface area (Å²) < 4.78 is 0. The van der Waals surface area contributed by atoms with Gasteiger partial charge in [0.25, 0.3) is 5.91 Å². The number of fused-ring (bicyclic) bond motifs is 1. The molecule has 4 aromatic rings. The molecule has 4 rings (SSSR count). The number of hydrazine groups is 1. The summed E-state index contributed by atoms with van der Waals surface area (Å²) >= 11 is 12.2. The zero-order valence-corrected chi connectivity index (χ0v) is 17.6. The number of rotatable bonds is 3. The van der Waals surface area contributed by atoms with E-state index in [1.807, 2.05) is 12.1 Å². The highest BCUT2D eigenvalue weighted by atomic mass is 35.5. The predicted molar refractivity (Wildman–Crippen MR) is 123 cm³/mol. The van der Waals surface area contributed by atoms with Gasteiger partial charge in [0.1, 0.15) is 0 Å².